The molecule has 0 spiro atoms. The molecule has 0 fully saturated rings. The Bertz CT molecular complexity index is 1040. The quantitative estimate of drug-likeness (QED) is 0.283. The Morgan fingerprint density at radius 3 is 2.10 bits per heavy atom. The second-order valence-electron chi connectivity index (χ2n) is 6.62. The predicted octanol–water partition coefficient (Wildman–Crippen LogP) is 7.96. The molecule has 0 saturated heterocycles. The van der Waals surface area contributed by atoms with Crippen LogP contribution >= 0.6 is 11.6 Å². The van der Waals surface area contributed by atoms with Gasteiger partial charge in [0.1, 0.15) is 0 Å². The molecule has 0 aromatic heterocycles. The van der Waals surface area contributed by atoms with Crippen LogP contribution in [0.15, 0.2) is 109 Å². The minimum atomic E-state index is 0.705. The molecule has 0 aliphatic rings. The molecule has 0 saturated carbocycles. The number of hydrogen-bond acceptors (Lipinski definition) is 1. The van der Waals surface area contributed by atoms with Crippen molar-refractivity contribution in [2.24, 2.45) is 4.99 Å². The van der Waals surface area contributed by atoms with Gasteiger partial charge in [0.2, 0.25) is 0 Å². The Morgan fingerprint density at radius 2 is 1.48 bits per heavy atom. The summed E-state index contributed by atoms with van der Waals surface area (Å²) in [6, 6.07) is 28.2. The van der Waals surface area contributed by atoms with Crippen molar-refractivity contribution in [3.63, 3.8) is 0 Å². The maximum absolute atomic E-state index is 6.18. The van der Waals surface area contributed by atoms with Gasteiger partial charge in [-0.25, -0.2) is 0 Å². The van der Waals surface area contributed by atoms with Crippen molar-refractivity contribution in [1.29, 1.82) is 0 Å². The minimum absolute atomic E-state index is 0.705. The number of hydrogen-bond donors (Lipinski definition) is 0. The van der Waals surface area contributed by atoms with Crippen molar-refractivity contribution < 1.29 is 0 Å². The van der Waals surface area contributed by atoms with Gasteiger partial charge in [-0.1, -0.05) is 104 Å². The fourth-order valence-corrected chi connectivity index (χ4v) is 3.16. The molecular formula is C27H24ClN. The molecule has 0 heterocycles. The fourth-order valence-electron chi connectivity index (χ4n) is 2.97. The second kappa shape index (κ2) is 10.4. The first kappa shape index (κ1) is 20.6. The normalized spacial score (nSPS) is 12.3. The molecule has 1 nitrogen and oxygen atoms in total. The summed E-state index contributed by atoms with van der Waals surface area (Å²) >= 11 is 6.18. The third-order valence-corrected chi connectivity index (χ3v) is 4.68. The van der Waals surface area contributed by atoms with E-state index in [4.69, 9.17) is 16.6 Å². The van der Waals surface area contributed by atoms with Crippen molar-refractivity contribution in [3.8, 4) is 0 Å². The first-order valence-electron chi connectivity index (χ1n) is 9.69. The largest absolute Gasteiger partial charge is 0.256 e. The van der Waals surface area contributed by atoms with Gasteiger partial charge in [0.05, 0.1) is 5.70 Å². The van der Waals surface area contributed by atoms with Crippen molar-refractivity contribution in [3.05, 3.63) is 125 Å². The van der Waals surface area contributed by atoms with Crippen LogP contribution in [0.3, 0.4) is 0 Å². The maximum Gasteiger partial charge on any atom is 0.0662 e. The molecule has 3 rings (SSSR count). The van der Waals surface area contributed by atoms with E-state index in [9.17, 15) is 0 Å². The molecule has 3 aromatic rings. The predicted molar refractivity (Wildman–Crippen MR) is 128 cm³/mol. The van der Waals surface area contributed by atoms with Crippen LogP contribution in [0, 0.1) is 0 Å². The van der Waals surface area contributed by atoms with E-state index in [-0.39, 0.29) is 0 Å². The first-order valence-corrected chi connectivity index (χ1v) is 10.1. The van der Waals surface area contributed by atoms with Crippen LogP contribution in [0.4, 0.5) is 0 Å². The maximum atomic E-state index is 6.18. The fraction of sp³-hybridized carbons (Fsp3) is 0.0741. The molecule has 0 amide bonds. The number of nitrogens with zero attached hydrogens (tertiary/aromatic N) is 1. The number of allylic oxidation sites excluding steroid dienone is 4. The van der Waals surface area contributed by atoms with E-state index in [2.05, 4.69) is 49.9 Å². The molecule has 0 atom stereocenters. The molecule has 0 radical (unpaired) electrons. The Morgan fingerprint density at radius 1 is 0.862 bits per heavy atom. The highest BCUT2D eigenvalue weighted by Gasteiger charge is 2.04. The van der Waals surface area contributed by atoms with E-state index in [0.29, 0.717) is 5.02 Å². The Kier molecular flexibility index (Phi) is 7.38. The average Bonchev–Trinajstić information content (AvgIpc) is 2.76. The Hall–Kier alpha value is -3.16. The van der Waals surface area contributed by atoms with Crippen molar-refractivity contribution in [1.82, 2.24) is 0 Å². The van der Waals surface area contributed by atoms with Gasteiger partial charge in [-0.05, 0) is 41.3 Å². The van der Waals surface area contributed by atoms with E-state index >= 15 is 0 Å². The van der Waals surface area contributed by atoms with Crippen molar-refractivity contribution >= 4 is 34.7 Å². The van der Waals surface area contributed by atoms with Gasteiger partial charge in [0.25, 0.3) is 0 Å². The summed E-state index contributed by atoms with van der Waals surface area (Å²) < 4.78 is 0. The number of halogens is 1. The summed E-state index contributed by atoms with van der Waals surface area (Å²) in [5.41, 5.74) is 6.04. The van der Waals surface area contributed by atoms with E-state index in [1.165, 1.54) is 0 Å². The lowest BCUT2D eigenvalue weighted by molar-refractivity contribution is 1.22. The second-order valence-corrected chi connectivity index (χ2v) is 7.06. The lowest BCUT2D eigenvalue weighted by Crippen LogP contribution is -1.90. The lowest BCUT2D eigenvalue weighted by atomic mass is 10.0. The highest BCUT2D eigenvalue weighted by atomic mass is 35.5. The van der Waals surface area contributed by atoms with Gasteiger partial charge in [-0.3, -0.25) is 4.99 Å². The van der Waals surface area contributed by atoms with E-state index < -0.39 is 0 Å². The van der Waals surface area contributed by atoms with E-state index in [1.54, 1.807) is 0 Å². The van der Waals surface area contributed by atoms with E-state index in [1.807, 2.05) is 66.9 Å². The first-order chi connectivity index (χ1) is 14.2. The molecule has 0 aliphatic heterocycles. The Balaban J connectivity index is 1.99. The van der Waals surface area contributed by atoms with Crippen LogP contribution in [0.5, 0.6) is 0 Å². The highest BCUT2D eigenvalue weighted by Crippen LogP contribution is 2.24. The summed E-state index contributed by atoms with van der Waals surface area (Å²) in [6.45, 7) is 6.36. The standard InChI is InChI=1S/C27H24ClN/c1-3-11-27(24-16-10-17-26(28)19-24)29-20-25(23-14-8-5-9-15-23)18-21(2)22-12-6-4-7-13-22/h4-20H,2-3H2,1H3/b25-18+,27-11-,29-20-. The van der Waals surface area contributed by atoms with Gasteiger partial charge in [-0.15, -0.1) is 0 Å². The van der Waals surface area contributed by atoms with Crippen LogP contribution in [0.1, 0.15) is 30.0 Å². The van der Waals surface area contributed by atoms with Gasteiger partial charge >= 0.3 is 0 Å². The zero-order valence-electron chi connectivity index (χ0n) is 16.6. The molecule has 0 unspecified atom stereocenters. The van der Waals surface area contributed by atoms with Crippen molar-refractivity contribution in [2.45, 2.75) is 13.3 Å². The summed E-state index contributed by atoms with van der Waals surface area (Å²) in [5.74, 6) is 0. The third kappa shape index (κ3) is 5.91. The topological polar surface area (TPSA) is 12.4 Å². The number of rotatable bonds is 7. The monoisotopic (exact) mass is 397 g/mol. The van der Waals surface area contributed by atoms with Crippen LogP contribution < -0.4 is 0 Å². The summed E-state index contributed by atoms with van der Waals surface area (Å²) in [6.07, 6.45) is 6.98. The molecule has 0 aliphatic carbocycles. The molecule has 2 heteroatoms. The zero-order chi connectivity index (χ0) is 20.5. The van der Waals surface area contributed by atoms with Crippen LogP contribution in [-0.4, -0.2) is 6.21 Å². The van der Waals surface area contributed by atoms with Crippen LogP contribution in [0.2, 0.25) is 5.02 Å². The summed E-state index contributed by atoms with van der Waals surface area (Å²) in [7, 11) is 0. The van der Waals surface area contributed by atoms with E-state index in [0.717, 1.165) is 40.0 Å². The summed E-state index contributed by atoms with van der Waals surface area (Å²) in [4.78, 5) is 4.82. The third-order valence-electron chi connectivity index (χ3n) is 4.44. The molecule has 144 valence electrons. The van der Waals surface area contributed by atoms with Crippen LogP contribution in [0.25, 0.3) is 16.8 Å². The van der Waals surface area contributed by atoms with Gasteiger partial charge < -0.3 is 0 Å². The lowest BCUT2D eigenvalue weighted by Gasteiger charge is -2.07. The highest BCUT2D eigenvalue weighted by molar-refractivity contribution is 6.30. The molecule has 0 N–H and O–H groups in total. The number of benzene rings is 3. The van der Waals surface area contributed by atoms with Gasteiger partial charge in [-0.2, -0.15) is 0 Å². The number of aliphatic imine (C=N–C) groups is 1. The molecule has 0 bridgehead atoms. The minimum Gasteiger partial charge on any atom is -0.256 e. The molecule has 3 aromatic carbocycles. The van der Waals surface area contributed by atoms with Crippen molar-refractivity contribution in [2.75, 3.05) is 0 Å². The van der Waals surface area contributed by atoms with Crippen LogP contribution in [-0.2, 0) is 0 Å². The van der Waals surface area contributed by atoms with Gasteiger partial charge in [0.15, 0.2) is 0 Å². The average molecular weight is 398 g/mol. The Labute approximate surface area is 178 Å². The zero-order valence-corrected chi connectivity index (χ0v) is 17.3. The SMILES string of the molecule is C=C(\C=C(/C=N\C(=C/CC)c1cccc(Cl)c1)c1ccccc1)c1ccccc1. The van der Waals surface area contributed by atoms with Gasteiger partial charge in [0, 0.05) is 22.4 Å². The molecular weight excluding hydrogens is 374 g/mol. The summed E-state index contributed by atoms with van der Waals surface area (Å²) in [5, 5.41) is 0.705. The smallest absolute Gasteiger partial charge is 0.0662 e. The molecule has 29 heavy (non-hydrogen) atoms.